The number of piperidine rings is 1. The van der Waals surface area contributed by atoms with E-state index in [4.69, 9.17) is 29.6 Å². The van der Waals surface area contributed by atoms with Crippen molar-refractivity contribution < 1.29 is 8.42 Å². The molecular weight excluding hydrogens is 384 g/mol. The Morgan fingerprint density at radius 1 is 1.40 bits per heavy atom. The number of nitrogens with zero attached hydrogens (tertiary/aromatic N) is 1. The summed E-state index contributed by atoms with van der Waals surface area (Å²) < 4.78 is 27.3. The van der Waals surface area contributed by atoms with E-state index >= 15 is 0 Å². The zero-order valence-corrected chi connectivity index (χ0v) is 14.5. The number of rotatable bonds is 3. The average Bonchev–Trinajstić information content (AvgIpc) is 2.38. The van der Waals surface area contributed by atoms with Crippen LogP contribution >= 0.6 is 39.7 Å². The van der Waals surface area contributed by atoms with Gasteiger partial charge >= 0.3 is 0 Å². The molecule has 0 atom stereocenters. The lowest BCUT2D eigenvalue weighted by Crippen LogP contribution is -2.41. The molecule has 1 aromatic rings. The molecule has 0 bridgehead atoms. The normalized spacial score (nSPS) is 18.1. The molecule has 1 saturated heterocycles. The van der Waals surface area contributed by atoms with Gasteiger partial charge in [0.15, 0.2) is 0 Å². The minimum Gasteiger partial charge on any atom is -0.393 e. The number of hydrogen-bond acceptors (Lipinski definition) is 3. The molecule has 0 unspecified atom stereocenters. The van der Waals surface area contributed by atoms with Gasteiger partial charge in [0.2, 0.25) is 10.0 Å². The highest BCUT2D eigenvalue weighted by atomic mass is 79.9. The Bertz CT molecular complexity index is 628. The summed E-state index contributed by atoms with van der Waals surface area (Å²) in [5.74, 6) is 0.122. The molecule has 0 radical (unpaired) electrons. The quantitative estimate of drug-likeness (QED) is 0.797. The lowest BCUT2D eigenvalue weighted by atomic mass is 9.98. The van der Waals surface area contributed by atoms with Gasteiger partial charge < -0.3 is 5.73 Å². The largest absolute Gasteiger partial charge is 0.393 e. The molecule has 0 aromatic heterocycles. The van der Waals surface area contributed by atoms with E-state index in [2.05, 4.69) is 15.9 Å². The molecular formula is C12H14BrClN2O2S2. The molecule has 0 aliphatic carbocycles. The van der Waals surface area contributed by atoms with Crippen molar-refractivity contribution in [1.82, 2.24) is 4.31 Å². The van der Waals surface area contributed by atoms with Crippen LogP contribution in [0.4, 0.5) is 0 Å². The first-order valence-electron chi connectivity index (χ1n) is 6.07. The summed E-state index contributed by atoms with van der Waals surface area (Å²) >= 11 is 14.3. The Morgan fingerprint density at radius 2 is 2.00 bits per heavy atom. The van der Waals surface area contributed by atoms with Crippen molar-refractivity contribution in [2.45, 2.75) is 17.7 Å². The number of halogens is 2. The Hall–Kier alpha value is -0.210. The lowest BCUT2D eigenvalue weighted by molar-refractivity contribution is 0.317. The highest BCUT2D eigenvalue weighted by molar-refractivity contribution is 9.10. The van der Waals surface area contributed by atoms with Gasteiger partial charge in [0, 0.05) is 23.5 Å². The van der Waals surface area contributed by atoms with Gasteiger partial charge in [-0.2, -0.15) is 4.31 Å². The van der Waals surface area contributed by atoms with Crippen molar-refractivity contribution >= 4 is 54.8 Å². The van der Waals surface area contributed by atoms with Crippen LogP contribution in [0.1, 0.15) is 12.8 Å². The molecule has 0 amide bonds. The summed E-state index contributed by atoms with van der Waals surface area (Å²) in [6.45, 7) is 0.827. The van der Waals surface area contributed by atoms with Crippen molar-refractivity contribution in [3.63, 3.8) is 0 Å². The maximum absolute atomic E-state index is 12.6. The second-order valence-electron chi connectivity index (χ2n) is 4.66. The van der Waals surface area contributed by atoms with E-state index in [1.807, 2.05) is 0 Å². The Labute approximate surface area is 137 Å². The Morgan fingerprint density at radius 3 is 2.50 bits per heavy atom. The first kappa shape index (κ1) is 16.2. The van der Waals surface area contributed by atoms with E-state index in [9.17, 15) is 8.42 Å². The van der Waals surface area contributed by atoms with Crippen molar-refractivity contribution in [2.24, 2.45) is 11.7 Å². The smallest absolute Gasteiger partial charge is 0.244 e. The van der Waals surface area contributed by atoms with Crippen LogP contribution in [0.5, 0.6) is 0 Å². The highest BCUT2D eigenvalue weighted by Gasteiger charge is 2.31. The summed E-state index contributed by atoms with van der Waals surface area (Å²) in [6.07, 6.45) is 1.31. The lowest BCUT2D eigenvalue weighted by Gasteiger charge is -2.30. The van der Waals surface area contributed by atoms with E-state index < -0.39 is 10.0 Å². The van der Waals surface area contributed by atoms with Gasteiger partial charge in [-0.3, -0.25) is 0 Å². The van der Waals surface area contributed by atoms with Gasteiger partial charge in [0.1, 0.15) is 4.90 Å². The minimum absolute atomic E-state index is 0.122. The zero-order chi connectivity index (χ0) is 14.9. The van der Waals surface area contributed by atoms with Crippen LogP contribution in [0.15, 0.2) is 27.6 Å². The van der Waals surface area contributed by atoms with Crippen molar-refractivity contribution in [1.29, 1.82) is 0 Å². The SMILES string of the molecule is NC(=S)C1CCN(S(=O)(=O)c2ccc(Br)cc2Cl)CC1. The maximum Gasteiger partial charge on any atom is 0.244 e. The molecule has 1 aliphatic heterocycles. The molecule has 2 N–H and O–H groups in total. The molecule has 8 heteroatoms. The predicted molar refractivity (Wildman–Crippen MR) is 87.4 cm³/mol. The highest BCUT2D eigenvalue weighted by Crippen LogP contribution is 2.30. The summed E-state index contributed by atoms with van der Waals surface area (Å²) in [5, 5.41) is 0.218. The van der Waals surface area contributed by atoms with E-state index in [0.717, 1.165) is 4.47 Å². The number of hydrogen-bond donors (Lipinski definition) is 1. The van der Waals surface area contributed by atoms with Crippen LogP contribution in [0.2, 0.25) is 5.02 Å². The molecule has 1 aliphatic rings. The first-order chi connectivity index (χ1) is 9.32. The van der Waals surface area contributed by atoms with Gasteiger partial charge in [0.05, 0.1) is 10.0 Å². The van der Waals surface area contributed by atoms with Gasteiger partial charge in [-0.05, 0) is 31.0 Å². The summed E-state index contributed by atoms with van der Waals surface area (Å²) in [4.78, 5) is 0.597. The summed E-state index contributed by atoms with van der Waals surface area (Å²) in [7, 11) is -3.56. The van der Waals surface area contributed by atoms with E-state index in [1.165, 1.54) is 10.4 Å². The second-order valence-corrected chi connectivity index (χ2v) is 8.36. The van der Waals surface area contributed by atoms with E-state index in [-0.39, 0.29) is 15.8 Å². The maximum atomic E-state index is 12.6. The van der Waals surface area contributed by atoms with Crippen LogP contribution < -0.4 is 5.73 Å². The molecule has 1 fully saturated rings. The fraction of sp³-hybridized carbons (Fsp3) is 0.417. The van der Waals surface area contributed by atoms with Crippen molar-refractivity contribution in [3.05, 3.63) is 27.7 Å². The number of benzene rings is 1. The fourth-order valence-electron chi connectivity index (χ4n) is 2.20. The predicted octanol–water partition coefficient (Wildman–Crippen LogP) is 2.79. The molecule has 0 saturated carbocycles. The monoisotopic (exact) mass is 396 g/mol. The standard InChI is InChI=1S/C12H14BrClN2O2S2/c13-9-1-2-11(10(14)7-9)20(17,18)16-5-3-8(4-6-16)12(15)19/h1-2,7-8H,3-6H2,(H2,15,19). The summed E-state index contributed by atoms with van der Waals surface area (Å²) in [6, 6.07) is 4.76. The van der Waals surface area contributed by atoms with Gasteiger partial charge in [0.25, 0.3) is 0 Å². The third-order valence-electron chi connectivity index (χ3n) is 3.37. The van der Waals surface area contributed by atoms with Gasteiger partial charge in [-0.25, -0.2) is 8.42 Å². The Kier molecular flexibility index (Phi) is 5.07. The van der Waals surface area contributed by atoms with Gasteiger partial charge in [-0.15, -0.1) is 0 Å². The molecule has 20 heavy (non-hydrogen) atoms. The number of sulfonamides is 1. The third-order valence-corrected chi connectivity index (χ3v) is 6.58. The van der Waals surface area contributed by atoms with Crippen LogP contribution in [0.3, 0.4) is 0 Å². The molecule has 2 rings (SSSR count). The zero-order valence-electron chi connectivity index (χ0n) is 10.6. The molecule has 4 nitrogen and oxygen atoms in total. The topological polar surface area (TPSA) is 63.4 Å². The van der Waals surface area contributed by atoms with Crippen molar-refractivity contribution in [2.75, 3.05) is 13.1 Å². The fourth-order valence-corrected chi connectivity index (χ4v) is 4.92. The molecule has 0 spiro atoms. The molecule has 110 valence electrons. The second kappa shape index (κ2) is 6.27. The van der Waals surface area contributed by atoms with Crippen LogP contribution in [0.25, 0.3) is 0 Å². The summed E-state index contributed by atoms with van der Waals surface area (Å²) in [5.41, 5.74) is 5.61. The minimum atomic E-state index is -3.56. The van der Waals surface area contributed by atoms with Crippen LogP contribution in [-0.2, 0) is 10.0 Å². The first-order valence-corrected chi connectivity index (χ1v) is 9.09. The Balaban J connectivity index is 2.22. The van der Waals surface area contributed by atoms with Gasteiger partial charge in [-0.1, -0.05) is 39.7 Å². The molecule has 1 aromatic carbocycles. The average molecular weight is 398 g/mol. The van der Waals surface area contributed by atoms with E-state index in [1.54, 1.807) is 12.1 Å². The van der Waals surface area contributed by atoms with Crippen LogP contribution in [-0.4, -0.2) is 30.8 Å². The van der Waals surface area contributed by atoms with Crippen molar-refractivity contribution in [3.8, 4) is 0 Å². The number of thiocarbonyl (C=S) groups is 1. The third kappa shape index (κ3) is 3.33. The molecule has 1 heterocycles. The van der Waals surface area contributed by atoms with E-state index in [0.29, 0.717) is 30.9 Å². The van der Waals surface area contributed by atoms with Crippen LogP contribution in [0, 0.1) is 5.92 Å². The number of nitrogens with two attached hydrogens (primary N) is 1.